The molecule has 0 saturated carbocycles. The van der Waals surface area contributed by atoms with Crippen LogP contribution in [0, 0.1) is 5.92 Å². The molecule has 2 aliphatic heterocycles. The van der Waals surface area contributed by atoms with Gasteiger partial charge in [0.05, 0.1) is 17.4 Å². The zero-order valence-corrected chi connectivity index (χ0v) is 15.4. The predicted octanol–water partition coefficient (Wildman–Crippen LogP) is 1.78. The Kier molecular flexibility index (Phi) is 4.86. The molecular formula is C18H24N2O4S. The van der Waals surface area contributed by atoms with Gasteiger partial charge in [-0.15, -0.1) is 0 Å². The average molecular weight is 364 g/mol. The molecule has 2 unspecified atom stereocenters. The van der Waals surface area contributed by atoms with Crippen molar-refractivity contribution in [1.82, 2.24) is 4.90 Å². The summed E-state index contributed by atoms with van der Waals surface area (Å²) >= 11 is 0. The van der Waals surface area contributed by atoms with E-state index in [2.05, 4.69) is 19.2 Å². The molecule has 3 rings (SSSR count). The van der Waals surface area contributed by atoms with Gasteiger partial charge in [-0.25, -0.2) is 8.42 Å². The normalized spacial score (nSPS) is 25.6. The standard InChI is InChI=1S/C18H24N2O4S/c1-12(2)15-5-3-4-6-16(15)19-18(22)13-9-17(21)20(10-13)14-7-8-25(23,24)11-14/h3-6,12-14H,7-11H2,1-2H3,(H,19,22). The van der Waals surface area contributed by atoms with E-state index >= 15 is 0 Å². The van der Waals surface area contributed by atoms with Crippen molar-refractivity contribution >= 4 is 27.3 Å². The van der Waals surface area contributed by atoms with Gasteiger partial charge in [-0.3, -0.25) is 9.59 Å². The largest absolute Gasteiger partial charge is 0.338 e. The van der Waals surface area contributed by atoms with Crippen LogP contribution in [0.2, 0.25) is 0 Å². The van der Waals surface area contributed by atoms with Crippen molar-refractivity contribution in [3.8, 4) is 0 Å². The van der Waals surface area contributed by atoms with Crippen LogP contribution in [0.25, 0.3) is 0 Å². The minimum atomic E-state index is -3.05. The number of amides is 2. The molecule has 7 heteroatoms. The summed E-state index contributed by atoms with van der Waals surface area (Å²) in [6.07, 6.45) is 0.616. The molecule has 2 amide bonds. The van der Waals surface area contributed by atoms with Crippen LogP contribution in [0.1, 0.15) is 38.2 Å². The van der Waals surface area contributed by atoms with Gasteiger partial charge in [0, 0.05) is 24.7 Å². The van der Waals surface area contributed by atoms with Crippen molar-refractivity contribution in [1.29, 1.82) is 0 Å². The molecule has 2 heterocycles. The van der Waals surface area contributed by atoms with Crippen LogP contribution < -0.4 is 5.32 Å². The Labute approximate surface area is 148 Å². The molecule has 0 radical (unpaired) electrons. The number of hydrogen-bond acceptors (Lipinski definition) is 4. The van der Waals surface area contributed by atoms with Crippen molar-refractivity contribution in [2.45, 2.75) is 38.6 Å². The molecule has 1 N–H and O–H groups in total. The van der Waals surface area contributed by atoms with Gasteiger partial charge in [-0.1, -0.05) is 32.0 Å². The van der Waals surface area contributed by atoms with Gasteiger partial charge >= 0.3 is 0 Å². The molecule has 0 aliphatic carbocycles. The number of nitrogens with zero attached hydrogens (tertiary/aromatic N) is 1. The molecule has 0 aromatic heterocycles. The van der Waals surface area contributed by atoms with E-state index in [-0.39, 0.29) is 41.7 Å². The first kappa shape index (κ1) is 17.9. The first-order chi connectivity index (χ1) is 11.8. The van der Waals surface area contributed by atoms with E-state index in [9.17, 15) is 18.0 Å². The highest BCUT2D eigenvalue weighted by molar-refractivity contribution is 7.91. The maximum atomic E-state index is 12.6. The van der Waals surface area contributed by atoms with Crippen LogP contribution in [-0.4, -0.2) is 49.2 Å². The second-order valence-corrected chi connectivity index (χ2v) is 9.46. The highest BCUT2D eigenvalue weighted by Crippen LogP contribution is 2.28. The average Bonchev–Trinajstić information content (AvgIpc) is 3.10. The maximum Gasteiger partial charge on any atom is 0.229 e. The number of hydrogen-bond donors (Lipinski definition) is 1. The Hall–Kier alpha value is -1.89. The number of anilines is 1. The lowest BCUT2D eigenvalue weighted by Gasteiger charge is -2.23. The van der Waals surface area contributed by atoms with Gasteiger partial charge in [-0.05, 0) is 24.0 Å². The number of nitrogens with one attached hydrogen (secondary N) is 1. The third kappa shape index (κ3) is 3.86. The molecule has 6 nitrogen and oxygen atoms in total. The summed E-state index contributed by atoms with van der Waals surface area (Å²) in [6.45, 7) is 4.42. The molecule has 136 valence electrons. The molecule has 2 saturated heterocycles. The number of likely N-dealkylation sites (tertiary alicyclic amines) is 1. The summed E-state index contributed by atoms with van der Waals surface area (Å²) in [4.78, 5) is 26.5. The fraction of sp³-hybridized carbons (Fsp3) is 0.556. The smallest absolute Gasteiger partial charge is 0.229 e. The SMILES string of the molecule is CC(C)c1ccccc1NC(=O)C1CC(=O)N(C2CCS(=O)(=O)C2)C1. The first-order valence-electron chi connectivity index (χ1n) is 8.66. The van der Waals surface area contributed by atoms with Gasteiger partial charge in [0.25, 0.3) is 0 Å². The van der Waals surface area contributed by atoms with Crippen molar-refractivity contribution in [3.63, 3.8) is 0 Å². The van der Waals surface area contributed by atoms with Gasteiger partial charge in [-0.2, -0.15) is 0 Å². The molecule has 2 atom stereocenters. The number of carbonyl (C=O) groups excluding carboxylic acids is 2. The summed E-state index contributed by atoms with van der Waals surface area (Å²) in [5, 5.41) is 2.95. The van der Waals surface area contributed by atoms with Gasteiger partial charge in [0.15, 0.2) is 9.84 Å². The van der Waals surface area contributed by atoms with Crippen molar-refractivity contribution in [3.05, 3.63) is 29.8 Å². The molecule has 1 aromatic rings. The van der Waals surface area contributed by atoms with Crippen molar-refractivity contribution in [2.75, 3.05) is 23.4 Å². The number of para-hydroxylation sites is 1. The van der Waals surface area contributed by atoms with Crippen LogP contribution in [0.4, 0.5) is 5.69 Å². The minimum absolute atomic E-state index is 0.0171. The zero-order chi connectivity index (χ0) is 18.2. The maximum absolute atomic E-state index is 12.6. The molecule has 0 bridgehead atoms. The van der Waals surface area contributed by atoms with Crippen molar-refractivity contribution < 1.29 is 18.0 Å². The zero-order valence-electron chi connectivity index (χ0n) is 14.6. The third-order valence-corrected chi connectivity index (χ3v) is 6.77. The van der Waals surface area contributed by atoms with Crippen LogP contribution in [0.15, 0.2) is 24.3 Å². The van der Waals surface area contributed by atoms with Crippen LogP contribution in [0.5, 0.6) is 0 Å². The van der Waals surface area contributed by atoms with E-state index in [1.807, 2.05) is 24.3 Å². The minimum Gasteiger partial charge on any atom is -0.338 e. The fourth-order valence-corrected chi connectivity index (χ4v) is 5.36. The summed E-state index contributed by atoms with van der Waals surface area (Å²) in [5.74, 6) is -0.314. The molecule has 25 heavy (non-hydrogen) atoms. The Bertz CT molecular complexity index is 788. The molecule has 1 aromatic carbocycles. The number of sulfone groups is 1. The lowest BCUT2D eigenvalue weighted by molar-refractivity contribution is -0.129. The van der Waals surface area contributed by atoms with Crippen molar-refractivity contribution in [2.24, 2.45) is 5.92 Å². The fourth-order valence-electron chi connectivity index (χ4n) is 3.63. The predicted molar refractivity (Wildman–Crippen MR) is 96.0 cm³/mol. The summed E-state index contributed by atoms with van der Waals surface area (Å²) < 4.78 is 23.3. The van der Waals surface area contributed by atoms with Gasteiger partial charge in [0.2, 0.25) is 11.8 Å². The quantitative estimate of drug-likeness (QED) is 0.883. The molecule has 2 fully saturated rings. The molecule has 2 aliphatic rings. The topological polar surface area (TPSA) is 83.6 Å². The first-order valence-corrected chi connectivity index (χ1v) is 10.5. The molecule has 0 spiro atoms. The Balaban J connectivity index is 1.68. The highest BCUT2D eigenvalue weighted by atomic mass is 32.2. The lowest BCUT2D eigenvalue weighted by atomic mass is 10.0. The van der Waals surface area contributed by atoms with Gasteiger partial charge in [0.1, 0.15) is 0 Å². The monoisotopic (exact) mass is 364 g/mol. The lowest BCUT2D eigenvalue weighted by Crippen LogP contribution is -2.38. The van der Waals surface area contributed by atoms with Crippen LogP contribution in [-0.2, 0) is 19.4 Å². The van der Waals surface area contributed by atoms with E-state index in [0.29, 0.717) is 13.0 Å². The Morgan fingerprint density at radius 2 is 2.00 bits per heavy atom. The summed E-state index contributed by atoms with van der Waals surface area (Å²) in [7, 11) is -3.05. The third-order valence-electron chi connectivity index (χ3n) is 5.02. The van der Waals surface area contributed by atoms with E-state index in [0.717, 1.165) is 11.3 Å². The van der Waals surface area contributed by atoms with Crippen LogP contribution in [0.3, 0.4) is 0 Å². The summed E-state index contributed by atoms with van der Waals surface area (Å²) in [5.41, 5.74) is 1.83. The molecular weight excluding hydrogens is 340 g/mol. The van der Waals surface area contributed by atoms with Gasteiger partial charge < -0.3 is 10.2 Å². The summed E-state index contributed by atoms with van der Waals surface area (Å²) in [6, 6.07) is 7.38. The van der Waals surface area contributed by atoms with E-state index in [1.165, 1.54) is 0 Å². The van der Waals surface area contributed by atoms with E-state index in [4.69, 9.17) is 0 Å². The second-order valence-electron chi connectivity index (χ2n) is 7.24. The number of benzene rings is 1. The number of carbonyl (C=O) groups is 2. The Morgan fingerprint density at radius 1 is 1.28 bits per heavy atom. The number of rotatable bonds is 4. The van der Waals surface area contributed by atoms with E-state index in [1.54, 1.807) is 4.90 Å². The second kappa shape index (κ2) is 6.78. The van der Waals surface area contributed by atoms with Crippen LogP contribution >= 0.6 is 0 Å². The van der Waals surface area contributed by atoms with E-state index < -0.39 is 15.8 Å². The Morgan fingerprint density at radius 3 is 2.64 bits per heavy atom. The highest BCUT2D eigenvalue weighted by Gasteiger charge is 2.41.